The quantitative estimate of drug-likeness (QED) is 0.758. The highest BCUT2D eigenvalue weighted by molar-refractivity contribution is 9.10. The van der Waals surface area contributed by atoms with E-state index in [1.807, 2.05) is 49.4 Å². The standard InChI is InChI=1S/C17H14BrN3O2/c1-11-6-2-3-7-12(11)16-20-15(23-21-16)10-19-17(22)13-8-4-5-9-14(13)18/h2-9H,10H2,1H3,(H,19,22). The molecule has 6 heteroatoms. The lowest BCUT2D eigenvalue weighted by atomic mass is 10.1. The van der Waals surface area contributed by atoms with E-state index >= 15 is 0 Å². The number of hydrogen-bond acceptors (Lipinski definition) is 4. The van der Waals surface area contributed by atoms with Crippen molar-refractivity contribution in [2.24, 2.45) is 0 Å². The van der Waals surface area contributed by atoms with E-state index in [1.54, 1.807) is 6.07 Å². The van der Waals surface area contributed by atoms with Crippen LogP contribution in [0.3, 0.4) is 0 Å². The molecular formula is C17H14BrN3O2. The van der Waals surface area contributed by atoms with Crippen LogP contribution in [-0.4, -0.2) is 16.0 Å². The van der Waals surface area contributed by atoms with Gasteiger partial charge in [0.15, 0.2) is 0 Å². The Labute approximate surface area is 141 Å². The Balaban J connectivity index is 1.70. The molecule has 0 atom stereocenters. The number of aryl methyl sites for hydroxylation is 1. The van der Waals surface area contributed by atoms with Crippen molar-refractivity contribution in [1.82, 2.24) is 15.5 Å². The number of nitrogens with one attached hydrogen (secondary N) is 1. The van der Waals surface area contributed by atoms with Crippen LogP contribution in [-0.2, 0) is 6.54 Å². The maximum absolute atomic E-state index is 12.1. The minimum absolute atomic E-state index is 0.180. The van der Waals surface area contributed by atoms with Crippen LogP contribution in [0.5, 0.6) is 0 Å². The number of nitrogens with zero attached hydrogens (tertiary/aromatic N) is 2. The third-order valence-corrected chi connectivity index (χ3v) is 4.06. The highest BCUT2D eigenvalue weighted by Gasteiger charge is 2.13. The zero-order valence-corrected chi connectivity index (χ0v) is 14.0. The van der Waals surface area contributed by atoms with Gasteiger partial charge in [0.25, 0.3) is 5.91 Å². The fourth-order valence-electron chi connectivity index (χ4n) is 2.16. The van der Waals surface area contributed by atoms with E-state index in [0.29, 0.717) is 17.3 Å². The monoisotopic (exact) mass is 371 g/mol. The van der Waals surface area contributed by atoms with Gasteiger partial charge in [0.2, 0.25) is 11.7 Å². The number of rotatable bonds is 4. The SMILES string of the molecule is Cc1ccccc1-c1noc(CNC(=O)c2ccccc2Br)n1. The molecular weight excluding hydrogens is 358 g/mol. The molecule has 3 rings (SSSR count). The molecule has 1 amide bonds. The van der Waals surface area contributed by atoms with Crippen LogP contribution < -0.4 is 5.32 Å². The summed E-state index contributed by atoms with van der Waals surface area (Å²) in [6, 6.07) is 15.0. The van der Waals surface area contributed by atoms with Crippen molar-refractivity contribution in [2.75, 3.05) is 0 Å². The number of carbonyl (C=O) groups excluding carboxylic acids is 1. The molecule has 1 aromatic heterocycles. The van der Waals surface area contributed by atoms with Gasteiger partial charge in [0.05, 0.1) is 12.1 Å². The third-order valence-electron chi connectivity index (χ3n) is 3.37. The van der Waals surface area contributed by atoms with E-state index in [0.717, 1.165) is 15.6 Å². The summed E-state index contributed by atoms with van der Waals surface area (Å²) in [5.41, 5.74) is 2.54. The fraction of sp³-hybridized carbons (Fsp3) is 0.118. The minimum atomic E-state index is -0.201. The van der Waals surface area contributed by atoms with E-state index in [9.17, 15) is 4.79 Å². The number of benzene rings is 2. The highest BCUT2D eigenvalue weighted by Crippen LogP contribution is 2.20. The molecule has 3 aromatic rings. The van der Waals surface area contributed by atoms with Crippen molar-refractivity contribution in [2.45, 2.75) is 13.5 Å². The smallest absolute Gasteiger partial charge is 0.252 e. The second kappa shape index (κ2) is 6.75. The van der Waals surface area contributed by atoms with Crippen LogP contribution in [0.25, 0.3) is 11.4 Å². The Kier molecular flexibility index (Phi) is 4.52. The largest absolute Gasteiger partial charge is 0.343 e. The van der Waals surface area contributed by atoms with Crippen molar-refractivity contribution in [3.8, 4) is 11.4 Å². The average molecular weight is 372 g/mol. The first-order valence-electron chi connectivity index (χ1n) is 7.06. The van der Waals surface area contributed by atoms with Crippen molar-refractivity contribution in [3.63, 3.8) is 0 Å². The second-order valence-electron chi connectivity index (χ2n) is 4.99. The van der Waals surface area contributed by atoms with Gasteiger partial charge in [-0.05, 0) is 40.5 Å². The molecule has 0 radical (unpaired) electrons. The van der Waals surface area contributed by atoms with Gasteiger partial charge in [-0.25, -0.2) is 0 Å². The van der Waals surface area contributed by atoms with E-state index in [1.165, 1.54) is 0 Å². The average Bonchev–Trinajstić information content (AvgIpc) is 3.02. The molecule has 1 heterocycles. The van der Waals surface area contributed by atoms with Crippen LogP contribution in [0.1, 0.15) is 21.8 Å². The van der Waals surface area contributed by atoms with Crippen LogP contribution in [0.2, 0.25) is 0 Å². The number of amides is 1. The number of halogens is 1. The molecule has 0 aliphatic carbocycles. The van der Waals surface area contributed by atoms with Crippen molar-refractivity contribution >= 4 is 21.8 Å². The molecule has 1 N–H and O–H groups in total. The first kappa shape index (κ1) is 15.4. The summed E-state index contributed by atoms with van der Waals surface area (Å²) in [6.07, 6.45) is 0. The van der Waals surface area contributed by atoms with Crippen molar-refractivity contribution in [1.29, 1.82) is 0 Å². The molecule has 0 bridgehead atoms. The zero-order chi connectivity index (χ0) is 16.2. The summed E-state index contributed by atoms with van der Waals surface area (Å²) in [4.78, 5) is 16.5. The van der Waals surface area contributed by atoms with Gasteiger partial charge in [-0.15, -0.1) is 0 Å². The van der Waals surface area contributed by atoms with Crippen LogP contribution in [0.4, 0.5) is 0 Å². The number of aromatic nitrogens is 2. The van der Waals surface area contributed by atoms with E-state index in [-0.39, 0.29) is 12.5 Å². The maximum Gasteiger partial charge on any atom is 0.252 e. The molecule has 0 saturated carbocycles. The lowest BCUT2D eigenvalue weighted by Crippen LogP contribution is -2.23. The molecule has 23 heavy (non-hydrogen) atoms. The number of carbonyl (C=O) groups is 1. The molecule has 0 spiro atoms. The molecule has 5 nitrogen and oxygen atoms in total. The summed E-state index contributed by atoms with van der Waals surface area (Å²) >= 11 is 3.35. The summed E-state index contributed by atoms with van der Waals surface area (Å²) in [5, 5.41) is 6.74. The topological polar surface area (TPSA) is 68.0 Å². The fourth-order valence-corrected chi connectivity index (χ4v) is 2.62. The zero-order valence-electron chi connectivity index (χ0n) is 12.4. The van der Waals surface area contributed by atoms with Gasteiger partial charge < -0.3 is 9.84 Å². The van der Waals surface area contributed by atoms with Crippen LogP contribution >= 0.6 is 15.9 Å². The van der Waals surface area contributed by atoms with E-state index in [2.05, 4.69) is 31.4 Å². The summed E-state index contributed by atoms with van der Waals surface area (Å²) < 4.78 is 5.94. The lowest BCUT2D eigenvalue weighted by molar-refractivity contribution is 0.0945. The van der Waals surface area contributed by atoms with Crippen LogP contribution in [0, 0.1) is 6.92 Å². The first-order valence-corrected chi connectivity index (χ1v) is 7.86. The predicted octanol–water partition coefficient (Wildman–Crippen LogP) is 3.74. The Morgan fingerprint density at radius 1 is 1.17 bits per heavy atom. The second-order valence-corrected chi connectivity index (χ2v) is 5.84. The summed E-state index contributed by atoms with van der Waals surface area (Å²) in [5.74, 6) is 0.685. The molecule has 0 aliphatic rings. The van der Waals surface area contributed by atoms with Gasteiger partial charge in [0.1, 0.15) is 0 Å². The molecule has 0 fully saturated rings. The van der Waals surface area contributed by atoms with E-state index < -0.39 is 0 Å². The van der Waals surface area contributed by atoms with Gasteiger partial charge in [-0.2, -0.15) is 4.98 Å². The predicted molar refractivity (Wildman–Crippen MR) is 89.8 cm³/mol. The molecule has 116 valence electrons. The lowest BCUT2D eigenvalue weighted by Gasteiger charge is -2.04. The molecule has 0 unspecified atom stereocenters. The molecule has 2 aromatic carbocycles. The Morgan fingerprint density at radius 2 is 1.91 bits per heavy atom. The Bertz CT molecular complexity index is 845. The van der Waals surface area contributed by atoms with Gasteiger partial charge in [-0.1, -0.05) is 41.6 Å². The highest BCUT2D eigenvalue weighted by atomic mass is 79.9. The van der Waals surface area contributed by atoms with Gasteiger partial charge >= 0.3 is 0 Å². The first-order chi connectivity index (χ1) is 11.1. The van der Waals surface area contributed by atoms with Gasteiger partial charge in [0, 0.05) is 10.0 Å². The van der Waals surface area contributed by atoms with Crippen molar-refractivity contribution < 1.29 is 9.32 Å². The summed E-state index contributed by atoms with van der Waals surface area (Å²) in [6.45, 7) is 2.17. The maximum atomic E-state index is 12.1. The molecule has 0 aliphatic heterocycles. The normalized spacial score (nSPS) is 10.5. The van der Waals surface area contributed by atoms with Gasteiger partial charge in [-0.3, -0.25) is 4.79 Å². The van der Waals surface area contributed by atoms with E-state index in [4.69, 9.17) is 4.52 Å². The van der Waals surface area contributed by atoms with Crippen LogP contribution in [0.15, 0.2) is 57.5 Å². The Hall–Kier alpha value is -2.47. The number of hydrogen-bond donors (Lipinski definition) is 1. The summed E-state index contributed by atoms with van der Waals surface area (Å²) in [7, 11) is 0. The Morgan fingerprint density at radius 3 is 2.70 bits per heavy atom. The van der Waals surface area contributed by atoms with Crippen molar-refractivity contribution in [3.05, 3.63) is 70.0 Å². The third kappa shape index (κ3) is 3.48. The molecule has 0 saturated heterocycles. The minimum Gasteiger partial charge on any atom is -0.343 e.